The molecule has 1 heterocycles. The molecule has 1 aromatic carbocycles. The third-order valence-corrected chi connectivity index (χ3v) is 5.33. The number of hydrogen-bond donors (Lipinski definition) is 1. The summed E-state index contributed by atoms with van der Waals surface area (Å²) < 4.78 is 5.68. The Balaban J connectivity index is 0.00000364. The topological polar surface area (TPSA) is 35.9 Å². The first kappa shape index (κ1) is 28.1. The van der Waals surface area contributed by atoms with Gasteiger partial charge in [-0.2, -0.15) is 0 Å². The largest absolute Gasteiger partial charge is 0.489 e. The first-order valence-electron chi connectivity index (χ1n) is 9.79. The van der Waals surface area contributed by atoms with Gasteiger partial charge in [0.05, 0.1) is 5.02 Å². The van der Waals surface area contributed by atoms with Gasteiger partial charge in [0, 0.05) is 24.7 Å². The van der Waals surface area contributed by atoms with Gasteiger partial charge in [-0.1, -0.05) is 43.0 Å². The Morgan fingerprint density at radius 1 is 1.14 bits per heavy atom. The van der Waals surface area contributed by atoms with Gasteiger partial charge in [0.2, 0.25) is 0 Å². The fourth-order valence-corrected chi connectivity index (χ4v) is 3.73. The number of piperidine rings is 1. The number of halogens is 4. The first-order valence-corrected chi connectivity index (χ1v) is 10.5. The van der Waals surface area contributed by atoms with Crippen molar-refractivity contribution in [3.8, 4) is 5.75 Å². The van der Waals surface area contributed by atoms with E-state index in [1.54, 1.807) is 18.2 Å². The third-order valence-electron chi connectivity index (χ3n) is 4.80. The molecule has 1 fully saturated rings. The second-order valence-corrected chi connectivity index (χ2v) is 7.94. The van der Waals surface area contributed by atoms with E-state index in [9.17, 15) is 5.11 Å². The minimum absolute atomic E-state index is 0. The number of rotatable bonds is 11. The van der Waals surface area contributed by atoms with Crippen molar-refractivity contribution in [1.82, 2.24) is 9.80 Å². The molecule has 0 saturated carbocycles. The molecule has 1 unspecified atom stereocenters. The van der Waals surface area contributed by atoms with E-state index in [0.717, 1.165) is 32.5 Å². The zero-order valence-electron chi connectivity index (χ0n) is 16.6. The maximum absolute atomic E-state index is 10.4. The van der Waals surface area contributed by atoms with Crippen LogP contribution < -0.4 is 4.74 Å². The highest BCUT2D eigenvalue weighted by molar-refractivity contribution is 6.35. The van der Waals surface area contributed by atoms with Crippen LogP contribution in [0, 0.1) is 0 Å². The third kappa shape index (κ3) is 10.7. The molecular formula is C20H34Cl4N2O2. The van der Waals surface area contributed by atoms with Gasteiger partial charge in [-0.15, -0.1) is 24.8 Å². The quantitative estimate of drug-likeness (QED) is 0.479. The summed E-state index contributed by atoms with van der Waals surface area (Å²) in [6.07, 6.45) is 5.75. The smallest absolute Gasteiger partial charge is 0.138 e. The van der Waals surface area contributed by atoms with E-state index in [0.29, 0.717) is 22.3 Å². The number of benzene rings is 1. The molecule has 0 aromatic heterocycles. The fraction of sp³-hybridized carbons (Fsp3) is 0.700. The molecule has 1 aromatic rings. The van der Waals surface area contributed by atoms with Gasteiger partial charge in [0.25, 0.3) is 0 Å². The van der Waals surface area contributed by atoms with Gasteiger partial charge in [-0.3, -0.25) is 4.90 Å². The van der Waals surface area contributed by atoms with E-state index in [4.69, 9.17) is 27.9 Å². The van der Waals surface area contributed by atoms with Crippen molar-refractivity contribution >= 4 is 48.0 Å². The number of hydrogen-bond acceptors (Lipinski definition) is 4. The highest BCUT2D eigenvalue weighted by Gasteiger charge is 2.16. The number of nitrogens with zero attached hydrogens (tertiary/aromatic N) is 2. The van der Waals surface area contributed by atoms with Gasteiger partial charge in [-0.25, -0.2) is 0 Å². The molecule has 0 amide bonds. The predicted molar refractivity (Wildman–Crippen MR) is 124 cm³/mol. The summed E-state index contributed by atoms with van der Waals surface area (Å²) in [6.45, 7) is 8.57. The SMILES string of the molecule is CCCCN(CCN1CCCCC1)CC(O)COc1ccc(Cl)cc1Cl.Cl.Cl. The van der Waals surface area contributed by atoms with E-state index >= 15 is 0 Å². The summed E-state index contributed by atoms with van der Waals surface area (Å²) in [7, 11) is 0. The van der Waals surface area contributed by atoms with Crippen molar-refractivity contribution in [2.75, 3.05) is 45.9 Å². The molecule has 1 atom stereocenters. The summed E-state index contributed by atoms with van der Waals surface area (Å²) in [5.74, 6) is 0.559. The highest BCUT2D eigenvalue weighted by Crippen LogP contribution is 2.27. The lowest BCUT2D eigenvalue weighted by Crippen LogP contribution is -2.42. The van der Waals surface area contributed by atoms with Crippen LogP contribution in [0.25, 0.3) is 0 Å². The van der Waals surface area contributed by atoms with Crippen LogP contribution in [-0.4, -0.2) is 66.9 Å². The van der Waals surface area contributed by atoms with Crippen molar-refractivity contribution in [2.24, 2.45) is 0 Å². The maximum atomic E-state index is 10.4. The van der Waals surface area contributed by atoms with Crippen LogP contribution in [0.5, 0.6) is 5.75 Å². The second-order valence-electron chi connectivity index (χ2n) is 7.10. The fourth-order valence-electron chi connectivity index (χ4n) is 3.27. The standard InChI is InChI=1S/C20H32Cl2N2O2.2ClH/c1-2-3-9-24(13-12-23-10-5-4-6-11-23)15-18(25)16-26-20-8-7-17(21)14-19(20)22;;/h7-8,14,18,25H,2-6,9-13,15-16H2,1H3;2*1H. The van der Waals surface area contributed by atoms with Crippen molar-refractivity contribution in [2.45, 2.75) is 45.1 Å². The van der Waals surface area contributed by atoms with Gasteiger partial charge < -0.3 is 14.7 Å². The van der Waals surface area contributed by atoms with Crippen molar-refractivity contribution in [3.05, 3.63) is 28.2 Å². The highest BCUT2D eigenvalue weighted by atomic mass is 35.5. The van der Waals surface area contributed by atoms with Gasteiger partial charge in [0.15, 0.2) is 0 Å². The Bertz CT molecular complexity index is 531. The second kappa shape index (κ2) is 15.8. The lowest BCUT2D eigenvalue weighted by atomic mass is 10.1. The van der Waals surface area contributed by atoms with E-state index in [1.165, 1.54) is 32.4 Å². The van der Waals surface area contributed by atoms with Crippen LogP contribution >= 0.6 is 48.0 Å². The molecule has 1 aliphatic heterocycles. The van der Waals surface area contributed by atoms with Crippen LogP contribution in [0.3, 0.4) is 0 Å². The number of ether oxygens (including phenoxy) is 1. The molecule has 164 valence electrons. The predicted octanol–water partition coefficient (Wildman–Crippen LogP) is 5.16. The molecule has 0 spiro atoms. The van der Waals surface area contributed by atoms with E-state index < -0.39 is 6.10 Å². The average Bonchev–Trinajstić information content (AvgIpc) is 2.64. The Morgan fingerprint density at radius 2 is 1.86 bits per heavy atom. The molecule has 1 N–H and O–H groups in total. The lowest BCUT2D eigenvalue weighted by Gasteiger charge is -2.31. The molecule has 0 bridgehead atoms. The molecule has 8 heteroatoms. The molecule has 0 radical (unpaired) electrons. The average molecular weight is 476 g/mol. The minimum atomic E-state index is -0.542. The first-order chi connectivity index (χ1) is 12.6. The normalized spacial score (nSPS) is 15.6. The van der Waals surface area contributed by atoms with E-state index in [-0.39, 0.29) is 31.4 Å². The van der Waals surface area contributed by atoms with Gasteiger partial charge in [-0.05, 0) is 57.1 Å². The van der Waals surface area contributed by atoms with Crippen LogP contribution in [0.1, 0.15) is 39.0 Å². The Kier molecular flexibility index (Phi) is 15.9. The van der Waals surface area contributed by atoms with Gasteiger partial charge in [0.1, 0.15) is 18.5 Å². The summed E-state index contributed by atoms with van der Waals surface area (Å²) in [4.78, 5) is 4.90. The molecule has 1 aliphatic rings. The minimum Gasteiger partial charge on any atom is -0.489 e. The summed E-state index contributed by atoms with van der Waals surface area (Å²) in [5.41, 5.74) is 0. The van der Waals surface area contributed by atoms with Crippen molar-refractivity contribution in [1.29, 1.82) is 0 Å². The number of aliphatic hydroxyl groups excluding tert-OH is 1. The van der Waals surface area contributed by atoms with Crippen LogP contribution in [0.2, 0.25) is 10.0 Å². The lowest BCUT2D eigenvalue weighted by molar-refractivity contribution is 0.0626. The molecule has 1 saturated heterocycles. The Morgan fingerprint density at radius 3 is 2.50 bits per heavy atom. The molecule has 28 heavy (non-hydrogen) atoms. The Hall–Kier alpha value is 0.0600. The summed E-state index contributed by atoms with van der Waals surface area (Å²) >= 11 is 12.0. The Labute approximate surface area is 192 Å². The van der Waals surface area contributed by atoms with E-state index in [2.05, 4.69) is 16.7 Å². The number of unbranched alkanes of at least 4 members (excludes halogenated alkanes) is 1. The molecule has 4 nitrogen and oxygen atoms in total. The van der Waals surface area contributed by atoms with E-state index in [1.807, 2.05) is 0 Å². The van der Waals surface area contributed by atoms with Crippen LogP contribution in [-0.2, 0) is 0 Å². The maximum Gasteiger partial charge on any atom is 0.138 e. The molecular weight excluding hydrogens is 442 g/mol. The zero-order valence-corrected chi connectivity index (χ0v) is 19.8. The van der Waals surface area contributed by atoms with Crippen LogP contribution in [0.15, 0.2) is 18.2 Å². The number of likely N-dealkylation sites (tertiary alicyclic amines) is 1. The van der Waals surface area contributed by atoms with Gasteiger partial charge >= 0.3 is 0 Å². The van der Waals surface area contributed by atoms with Crippen molar-refractivity contribution in [3.63, 3.8) is 0 Å². The monoisotopic (exact) mass is 474 g/mol. The molecule has 0 aliphatic carbocycles. The number of aliphatic hydroxyl groups is 1. The summed E-state index contributed by atoms with van der Waals surface area (Å²) in [6, 6.07) is 5.13. The van der Waals surface area contributed by atoms with Crippen molar-refractivity contribution < 1.29 is 9.84 Å². The van der Waals surface area contributed by atoms with Crippen LogP contribution in [0.4, 0.5) is 0 Å². The molecule has 2 rings (SSSR count). The zero-order chi connectivity index (χ0) is 18.8. The summed E-state index contributed by atoms with van der Waals surface area (Å²) in [5, 5.41) is 11.5.